The predicted octanol–water partition coefficient (Wildman–Crippen LogP) is 11.7. The van der Waals surface area contributed by atoms with Crippen LogP contribution < -0.4 is 5.43 Å². The Labute approximate surface area is 283 Å². The van der Waals surface area contributed by atoms with Gasteiger partial charge in [0.1, 0.15) is 11.2 Å². The van der Waals surface area contributed by atoms with E-state index >= 15 is 0 Å². The van der Waals surface area contributed by atoms with E-state index in [2.05, 4.69) is 115 Å². The van der Waals surface area contributed by atoms with E-state index in [9.17, 15) is 4.79 Å². The molecule has 0 amide bonds. The van der Waals surface area contributed by atoms with Gasteiger partial charge in [-0.15, -0.1) is 0 Å². The molecule has 0 saturated carbocycles. The molecule has 0 unspecified atom stereocenters. The molecular weight excluding hydrogens is 599 g/mol. The Hall–Kier alpha value is -6.19. The van der Waals surface area contributed by atoms with Crippen molar-refractivity contribution in [1.29, 1.82) is 0 Å². The monoisotopic (exact) mass is 629 g/mol. The summed E-state index contributed by atoms with van der Waals surface area (Å²) in [6, 6.07) is 52.8. The number of fused-ring (bicyclic) bond motifs is 8. The molecule has 0 N–H and O–H groups in total. The van der Waals surface area contributed by atoms with Crippen molar-refractivity contribution in [3.8, 4) is 39.1 Å². The summed E-state index contributed by atoms with van der Waals surface area (Å²) >= 11 is 0. The SMILES string of the molecule is CC1(C)c2ccccc2-c2cc3c(cc21)c1ccccc1n3-c1ccc2c(=O)c3cc(-c4ccc(-c5ccccc5)cc4)ccc3oc2c1. The van der Waals surface area contributed by atoms with Gasteiger partial charge in [0, 0.05) is 27.9 Å². The van der Waals surface area contributed by atoms with E-state index in [-0.39, 0.29) is 10.8 Å². The summed E-state index contributed by atoms with van der Waals surface area (Å²) in [7, 11) is 0. The van der Waals surface area contributed by atoms with Crippen LogP contribution in [-0.4, -0.2) is 4.57 Å². The van der Waals surface area contributed by atoms with Gasteiger partial charge in [0.05, 0.1) is 21.8 Å². The molecule has 0 atom stereocenters. The average molecular weight is 630 g/mol. The van der Waals surface area contributed by atoms with Crippen molar-refractivity contribution in [1.82, 2.24) is 4.57 Å². The number of rotatable bonds is 3. The summed E-state index contributed by atoms with van der Waals surface area (Å²) in [6.07, 6.45) is 0. The van der Waals surface area contributed by atoms with Crippen molar-refractivity contribution in [3.05, 3.63) is 173 Å². The molecule has 9 aromatic rings. The molecule has 1 aliphatic carbocycles. The van der Waals surface area contributed by atoms with Gasteiger partial charge in [0.25, 0.3) is 0 Å². The molecule has 0 radical (unpaired) electrons. The summed E-state index contributed by atoms with van der Waals surface area (Å²) in [5, 5.41) is 3.58. The summed E-state index contributed by atoms with van der Waals surface area (Å²) in [5.41, 5.74) is 13.9. The molecular formula is C46H31NO2. The molecule has 1 aliphatic rings. The van der Waals surface area contributed by atoms with Crippen molar-refractivity contribution >= 4 is 43.7 Å². The fourth-order valence-electron chi connectivity index (χ4n) is 8.09. The van der Waals surface area contributed by atoms with Crippen LogP contribution in [0, 0.1) is 0 Å². The summed E-state index contributed by atoms with van der Waals surface area (Å²) in [4.78, 5) is 14.0. The zero-order valence-electron chi connectivity index (χ0n) is 27.2. The molecule has 7 aromatic carbocycles. The molecule has 0 spiro atoms. The van der Waals surface area contributed by atoms with Crippen LogP contribution in [0.5, 0.6) is 0 Å². The molecule has 2 aromatic heterocycles. The third-order valence-electron chi connectivity index (χ3n) is 10.6. The highest BCUT2D eigenvalue weighted by molar-refractivity contribution is 6.11. The second-order valence-electron chi connectivity index (χ2n) is 13.7. The fraction of sp³-hybridized carbons (Fsp3) is 0.0652. The minimum absolute atomic E-state index is 0.0237. The molecule has 0 fully saturated rings. The molecule has 232 valence electrons. The van der Waals surface area contributed by atoms with Crippen molar-refractivity contribution in [2.75, 3.05) is 0 Å². The topological polar surface area (TPSA) is 35.1 Å². The van der Waals surface area contributed by atoms with Crippen LogP contribution in [0.3, 0.4) is 0 Å². The highest BCUT2D eigenvalue weighted by Gasteiger charge is 2.36. The minimum atomic E-state index is -0.0811. The average Bonchev–Trinajstić information content (AvgIpc) is 3.59. The normalized spacial score (nSPS) is 13.3. The molecule has 3 heteroatoms. The first-order valence-electron chi connectivity index (χ1n) is 16.8. The lowest BCUT2D eigenvalue weighted by Gasteiger charge is -2.21. The van der Waals surface area contributed by atoms with Crippen LogP contribution in [0.25, 0.3) is 82.8 Å². The second kappa shape index (κ2) is 10.2. The van der Waals surface area contributed by atoms with Crippen molar-refractivity contribution in [2.45, 2.75) is 19.3 Å². The van der Waals surface area contributed by atoms with Gasteiger partial charge in [-0.1, -0.05) is 117 Å². The van der Waals surface area contributed by atoms with Gasteiger partial charge in [-0.3, -0.25) is 4.79 Å². The van der Waals surface area contributed by atoms with Gasteiger partial charge in [-0.2, -0.15) is 0 Å². The van der Waals surface area contributed by atoms with Gasteiger partial charge in [-0.05, 0) is 87.0 Å². The van der Waals surface area contributed by atoms with E-state index in [1.165, 1.54) is 38.6 Å². The van der Waals surface area contributed by atoms with Gasteiger partial charge in [0.2, 0.25) is 5.43 Å². The number of nitrogens with zero attached hydrogens (tertiary/aromatic N) is 1. The van der Waals surface area contributed by atoms with Crippen LogP contribution in [0.15, 0.2) is 161 Å². The summed E-state index contributed by atoms with van der Waals surface area (Å²) < 4.78 is 8.80. The number of benzene rings is 7. The maximum Gasteiger partial charge on any atom is 0.200 e. The first-order chi connectivity index (χ1) is 24.0. The van der Waals surface area contributed by atoms with Crippen LogP contribution in [-0.2, 0) is 5.41 Å². The smallest absolute Gasteiger partial charge is 0.200 e. The number of hydrogen-bond acceptors (Lipinski definition) is 2. The van der Waals surface area contributed by atoms with Crippen LogP contribution in [0.4, 0.5) is 0 Å². The quantitative estimate of drug-likeness (QED) is 0.182. The van der Waals surface area contributed by atoms with Crippen molar-refractivity contribution in [3.63, 3.8) is 0 Å². The van der Waals surface area contributed by atoms with E-state index in [1.54, 1.807) is 0 Å². The molecule has 0 saturated heterocycles. The lowest BCUT2D eigenvalue weighted by Crippen LogP contribution is -2.14. The lowest BCUT2D eigenvalue weighted by molar-refractivity contribution is 0.659. The van der Waals surface area contributed by atoms with Crippen molar-refractivity contribution < 1.29 is 4.42 Å². The number of aromatic nitrogens is 1. The van der Waals surface area contributed by atoms with Gasteiger partial charge in [0.15, 0.2) is 0 Å². The third kappa shape index (κ3) is 4.06. The van der Waals surface area contributed by atoms with Crippen LogP contribution in [0.1, 0.15) is 25.0 Å². The van der Waals surface area contributed by atoms with E-state index in [0.29, 0.717) is 21.9 Å². The Morgan fingerprint density at radius 1 is 0.469 bits per heavy atom. The molecule has 0 aliphatic heterocycles. The van der Waals surface area contributed by atoms with Crippen LogP contribution in [0.2, 0.25) is 0 Å². The molecule has 3 nitrogen and oxygen atoms in total. The highest BCUT2D eigenvalue weighted by atomic mass is 16.3. The van der Waals surface area contributed by atoms with E-state index in [1.807, 2.05) is 54.6 Å². The zero-order valence-corrected chi connectivity index (χ0v) is 27.2. The number of para-hydroxylation sites is 1. The first-order valence-corrected chi connectivity index (χ1v) is 16.8. The third-order valence-corrected chi connectivity index (χ3v) is 10.6. The first kappa shape index (κ1) is 27.9. The fourth-order valence-corrected chi connectivity index (χ4v) is 8.09. The lowest BCUT2D eigenvalue weighted by atomic mass is 9.82. The summed E-state index contributed by atoms with van der Waals surface area (Å²) in [5.74, 6) is 0. The molecule has 0 bridgehead atoms. The van der Waals surface area contributed by atoms with Gasteiger partial charge < -0.3 is 8.98 Å². The largest absolute Gasteiger partial charge is 0.456 e. The predicted molar refractivity (Wildman–Crippen MR) is 203 cm³/mol. The maximum absolute atomic E-state index is 14.0. The van der Waals surface area contributed by atoms with Crippen molar-refractivity contribution in [2.24, 2.45) is 0 Å². The highest BCUT2D eigenvalue weighted by Crippen LogP contribution is 2.51. The standard InChI is InChI=1S/C46H31NO2/c1-46(2)39-14-8-6-12-33(39)36-27-42-37(26-40(36)46)34-13-7-9-15-41(34)47(42)32-21-22-35-44(25-32)49-43-23-20-31(24-38(43)45(35)48)30-18-16-29(17-19-30)28-10-4-3-5-11-28/h3-27H,1-2H3. The maximum atomic E-state index is 14.0. The molecule has 2 heterocycles. The molecule has 49 heavy (non-hydrogen) atoms. The molecule has 10 rings (SSSR count). The summed E-state index contributed by atoms with van der Waals surface area (Å²) in [6.45, 7) is 4.64. The Kier molecular flexibility index (Phi) is 5.78. The Morgan fingerprint density at radius 3 is 2.00 bits per heavy atom. The van der Waals surface area contributed by atoms with E-state index in [0.717, 1.165) is 33.4 Å². The zero-order chi connectivity index (χ0) is 32.9. The second-order valence-corrected chi connectivity index (χ2v) is 13.7. The minimum Gasteiger partial charge on any atom is -0.456 e. The van der Waals surface area contributed by atoms with Gasteiger partial charge >= 0.3 is 0 Å². The Morgan fingerprint density at radius 2 is 1.16 bits per heavy atom. The Balaban J connectivity index is 1.12. The van der Waals surface area contributed by atoms with Gasteiger partial charge in [-0.25, -0.2) is 0 Å². The van der Waals surface area contributed by atoms with Crippen LogP contribution >= 0.6 is 0 Å². The number of hydrogen-bond donors (Lipinski definition) is 0. The van der Waals surface area contributed by atoms with E-state index in [4.69, 9.17) is 4.42 Å². The van der Waals surface area contributed by atoms with E-state index < -0.39 is 0 Å². The Bertz CT molecular complexity index is 2850.